The highest BCUT2D eigenvalue weighted by molar-refractivity contribution is 6.32. The van der Waals surface area contributed by atoms with E-state index in [-0.39, 0.29) is 12.1 Å². The van der Waals surface area contributed by atoms with Crippen LogP contribution in [0.15, 0.2) is 12.1 Å². The summed E-state index contributed by atoms with van der Waals surface area (Å²) < 4.78 is 16.0. The third-order valence-corrected chi connectivity index (χ3v) is 4.24. The summed E-state index contributed by atoms with van der Waals surface area (Å²) >= 11 is 6.10. The molecule has 0 radical (unpaired) electrons. The van der Waals surface area contributed by atoms with Crippen LogP contribution in [-0.2, 0) is 4.74 Å². The van der Waals surface area contributed by atoms with Gasteiger partial charge in [-0.1, -0.05) is 25.4 Å². The molecule has 1 N–H and O–H groups in total. The fourth-order valence-corrected chi connectivity index (χ4v) is 3.04. The quantitative estimate of drug-likeness (QED) is 0.875. The minimum atomic E-state index is -0.174. The first-order chi connectivity index (χ1) is 11.5. The second-order valence-electron chi connectivity index (χ2n) is 6.17. The SMILES string of the molecule is COc1cc(NC(=O)N2CCOCC2CC(C)C)c(OC)cc1Cl. The molecule has 1 aliphatic heterocycles. The van der Waals surface area contributed by atoms with Crippen LogP contribution < -0.4 is 14.8 Å². The average Bonchev–Trinajstić information content (AvgIpc) is 2.55. The first kappa shape index (κ1) is 18.7. The molecule has 1 aromatic carbocycles. The normalized spacial score (nSPS) is 17.8. The molecule has 1 unspecified atom stereocenters. The Labute approximate surface area is 148 Å². The van der Waals surface area contributed by atoms with Gasteiger partial charge in [0.1, 0.15) is 11.5 Å². The summed E-state index contributed by atoms with van der Waals surface area (Å²) in [7, 11) is 3.06. The number of amides is 2. The molecule has 2 amide bonds. The molecule has 1 atom stereocenters. The average molecular weight is 357 g/mol. The number of benzene rings is 1. The van der Waals surface area contributed by atoms with Gasteiger partial charge in [-0.3, -0.25) is 0 Å². The molecule has 134 valence electrons. The topological polar surface area (TPSA) is 60.0 Å². The molecule has 6 nitrogen and oxygen atoms in total. The lowest BCUT2D eigenvalue weighted by Crippen LogP contribution is -2.50. The van der Waals surface area contributed by atoms with Crippen molar-refractivity contribution in [1.29, 1.82) is 0 Å². The van der Waals surface area contributed by atoms with Gasteiger partial charge in [0.2, 0.25) is 0 Å². The van der Waals surface area contributed by atoms with Crippen LogP contribution in [0.2, 0.25) is 5.02 Å². The number of nitrogens with zero attached hydrogens (tertiary/aromatic N) is 1. The number of carbonyl (C=O) groups is 1. The first-order valence-corrected chi connectivity index (χ1v) is 8.41. The predicted molar refractivity (Wildman–Crippen MR) is 94.3 cm³/mol. The number of methoxy groups -OCH3 is 2. The molecule has 0 saturated carbocycles. The van der Waals surface area contributed by atoms with Gasteiger partial charge in [0.15, 0.2) is 0 Å². The second kappa shape index (κ2) is 8.44. The number of carbonyl (C=O) groups excluding carboxylic acids is 1. The van der Waals surface area contributed by atoms with Crippen molar-refractivity contribution in [3.05, 3.63) is 17.2 Å². The molecule has 2 rings (SSSR count). The van der Waals surface area contributed by atoms with E-state index in [0.29, 0.717) is 47.9 Å². The fraction of sp³-hybridized carbons (Fsp3) is 0.588. The molecule has 1 aromatic rings. The van der Waals surface area contributed by atoms with Crippen molar-refractivity contribution in [3.8, 4) is 11.5 Å². The van der Waals surface area contributed by atoms with Gasteiger partial charge in [-0.15, -0.1) is 0 Å². The number of rotatable bonds is 5. The van der Waals surface area contributed by atoms with E-state index in [0.717, 1.165) is 6.42 Å². The van der Waals surface area contributed by atoms with Crippen molar-refractivity contribution in [3.63, 3.8) is 0 Å². The van der Waals surface area contributed by atoms with Crippen LogP contribution in [0.5, 0.6) is 11.5 Å². The molecule has 0 bridgehead atoms. The van der Waals surface area contributed by atoms with Crippen LogP contribution in [0.4, 0.5) is 10.5 Å². The van der Waals surface area contributed by atoms with E-state index in [4.69, 9.17) is 25.8 Å². The molecule has 1 heterocycles. The summed E-state index contributed by atoms with van der Waals surface area (Å²) in [6, 6.07) is 3.18. The number of nitrogens with one attached hydrogen (secondary N) is 1. The van der Waals surface area contributed by atoms with Gasteiger partial charge >= 0.3 is 6.03 Å². The van der Waals surface area contributed by atoms with Crippen molar-refractivity contribution >= 4 is 23.3 Å². The van der Waals surface area contributed by atoms with Gasteiger partial charge in [0.05, 0.1) is 44.2 Å². The zero-order valence-corrected chi connectivity index (χ0v) is 15.4. The van der Waals surface area contributed by atoms with E-state index in [1.165, 1.54) is 14.2 Å². The lowest BCUT2D eigenvalue weighted by molar-refractivity contribution is 0.00856. The Balaban J connectivity index is 2.18. The van der Waals surface area contributed by atoms with Crippen LogP contribution in [0.3, 0.4) is 0 Å². The number of ether oxygens (including phenoxy) is 3. The molecule has 0 aliphatic carbocycles. The van der Waals surface area contributed by atoms with Crippen molar-refractivity contribution < 1.29 is 19.0 Å². The Kier molecular flexibility index (Phi) is 6.57. The highest BCUT2D eigenvalue weighted by Gasteiger charge is 2.28. The first-order valence-electron chi connectivity index (χ1n) is 8.03. The van der Waals surface area contributed by atoms with E-state index >= 15 is 0 Å². The number of hydrogen-bond donors (Lipinski definition) is 1. The molecular weight excluding hydrogens is 332 g/mol. The van der Waals surface area contributed by atoms with Crippen molar-refractivity contribution in [1.82, 2.24) is 4.90 Å². The van der Waals surface area contributed by atoms with Crippen LogP contribution in [0.1, 0.15) is 20.3 Å². The van der Waals surface area contributed by atoms with Crippen LogP contribution in [-0.4, -0.2) is 51.0 Å². The van der Waals surface area contributed by atoms with E-state index in [1.807, 2.05) is 4.90 Å². The Morgan fingerprint density at radius 3 is 2.71 bits per heavy atom. The maximum atomic E-state index is 12.7. The zero-order valence-electron chi connectivity index (χ0n) is 14.6. The Hall–Kier alpha value is -1.66. The van der Waals surface area contributed by atoms with Crippen LogP contribution in [0, 0.1) is 5.92 Å². The Morgan fingerprint density at radius 1 is 1.38 bits per heavy atom. The molecule has 1 fully saturated rings. The van der Waals surface area contributed by atoms with Gasteiger partial charge < -0.3 is 24.4 Å². The maximum Gasteiger partial charge on any atom is 0.322 e. The number of anilines is 1. The Bertz CT molecular complexity index is 580. The summed E-state index contributed by atoms with van der Waals surface area (Å²) in [5.74, 6) is 1.45. The van der Waals surface area contributed by atoms with Crippen LogP contribution in [0.25, 0.3) is 0 Å². The monoisotopic (exact) mass is 356 g/mol. The highest BCUT2D eigenvalue weighted by Crippen LogP contribution is 2.36. The smallest absolute Gasteiger partial charge is 0.322 e. The van der Waals surface area contributed by atoms with Gasteiger partial charge in [-0.05, 0) is 12.3 Å². The minimum absolute atomic E-state index is 0.0685. The van der Waals surface area contributed by atoms with E-state index in [9.17, 15) is 4.79 Å². The molecule has 24 heavy (non-hydrogen) atoms. The summed E-state index contributed by atoms with van der Waals surface area (Å²) in [5.41, 5.74) is 0.526. The summed E-state index contributed by atoms with van der Waals surface area (Å²) in [6.07, 6.45) is 0.897. The number of hydrogen-bond acceptors (Lipinski definition) is 4. The minimum Gasteiger partial charge on any atom is -0.495 e. The standard InChI is InChI=1S/C17H25ClN2O4/c1-11(2)7-12-10-24-6-5-20(12)17(21)19-14-9-15(22-3)13(18)8-16(14)23-4/h8-9,11-12H,5-7,10H2,1-4H3,(H,19,21). The second-order valence-corrected chi connectivity index (χ2v) is 6.58. The van der Waals surface area contributed by atoms with Crippen LogP contribution >= 0.6 is 11.6 Å². The largest absolute Gasteiger partial charge is 0.495 e. The fourth-order valence-electron chi connectivity index (χ4n) is 2.81. The number of halogens is 1. The van der Waals surface area contributed by atoms with Crippen molar-refractivity contribution in [2.45, 2.75) is 26.3 Å². The van der Waals surface area contributed by atoms with E-state index < -0.39 is 0 Å². The van der Waals surface area contributed by atoms with Gasteiger partial charge in [-0.2, -0.15) is 0 Å². The molecular formula is C17H25ClN2O4. The maximum absolute atomic E-state index is 12.7. The highest BCUT2D eigenvalue weighted by atomic mass is 35.5. The molecule has 7 heteroatoms. The number of morpholine rings is 1. The summed E-state index contributed by atoms with van der Waals surface area (Å²) in [5, 5.41) is 3.33. The molecule has 0 aromatic heterocycles. The lowest BCUT2D eigenvalue weighted by Gasteiger charge is -2.36. The van der Waals surface area contributed by atoms with Crippen molar-refractivity contribution in [2.24, 2.45) is 5.92 Å². The molecule has 1 aliphatic rings. The van der Waals surface area contributed by atoms with Gasteiger partial charge in [-0.25, -0.2) is 4.79 Å². The lowest BCUT2D eigenvalue weighted by atomic mass is 10.0. The summed E-state index contributed by atoms with van der Waals surface area (Å²) in [6.45, 7) is 5.95. The predicted octanol–water partition coefficient (Wildman–Crippen LogP) is 3.64. The molecule has 0 spiro atoms. The third kappa shape index (κ3) is 4.45. The molecule has 1 saturated heterocycles. The van der Waals surface area contributed by atoms with E-state index in [2.05, 4.69) is 19.2 Å². The zero-order chi connectivity index (χ0) is 17.7. The third-order valence-electron chi connectivity index (χ3n) is 3.95. The van der Waals surface area contributed by atoms with E-state index in [1.54, 1.807) is 12.1 Å². The van der Waals surface area contributed by atoms with Crippen molar-refractivity contribution in [2.75, 3.05) is 39.3 Å². The van der Waals surface area contributed by atoms with Gasteiger partial charge in [0.25, 0.3) is 0 Å². The number of urea groups is 1. The Morgan fingerprint density at radius 2 is 2.08 bits per heavy atom. The van der Waals surface area contributed by atoms with Gasteiger partial charge in [0, 0.05) is 18.7 Å². The summed E-state index contributed by atoms with van der Waals surface area (Å²) in [4.78, 5) is 14.6.